The molecule has 0 saturated heterocycles. The molecule has 2 aromatic rings. The Morgan fingerprint density at radius 2 is 1.69 bits per heavy atom. The summed E-state index contributed by atoms with van der Waals surface area (Å²) in [6.07, 6.45) is 3.13. The fourth-order valence-corrected chi connectivity index (χ4v) is 3.57. The summed E-state index contributed by atoms with van der Waals surface area (Å²) in [5, 5.41) is 0.549. The molecule has 0 N–H and O–H groups in total. The minimum absolute atomic E-state index is 0.0835. The second kappa shape index (κ2) is 7.28. The third-order valence-corrected chi connectivity index (χ3v) is 5.24. The van der Waals surface area contributed by atoms with Crippen LogP contribution in [-0.2, 0) is 22.4 Å². The van der Waals surface area contributed by atoms with Gasteiger partial charge in [-0.1, -0.05) is 37.6 Å². The molecular formula is C21H21ClFNO2. The molecule has 1 aromatic carbocycles. The summed E-state index contributed by atoms with van der Waals surface area (Å²) in [6.45, 7) is 4.01. The van der Waals surface area contributed by atoms with Gasteiger partial charge in [0.2, 0.25) is 0 Å². The number of ketones is 2. The maximum Gasteiger partial charge on any atom is 0.150 e. The lowest BCUT2D eigenvalue weighted by Gasteiger charge is -2.14. The minimum atomic E-state index is -0.891. The van der Waals surface area contributed by atoms with Gasteiger partial charge < -0.3 is 0 Å². The van der Waals surface area contributed by atoms with Gasteiger partial charge in [0.15, 0.2) is 11.6 Å². The fourth-order valence-electron chi connectivity index (χ4n) is 3.16. The van der Waals surface area contributed by atoms with E-state index in [0.717, 1.165) is 16.8 Å². The normalized spacial score (nSPS) is 15.1. The van der Waals surface area contributed by atoms with E-state index in [4.69, 9.17) is 11.6 Å². The number of hydrogen-bond donors (Lipinski definition) is 0. The van der Waals surface area contributed by atoms with E-state index in [2.05, 4.69) is 4.98 Å². The molecule has 1 heterocycles. The van der Waals surface area contributed by atoms with E-state index in [9.17, 15) is 14.0 Å². The Morgan fingerprint density at radius 1 is 1.12 bits per heavy atom. The quantitative estimate of drug-likeness (QED) is 0.661. The Bertz CT molecular complexity index is 842. The lowest BCUT2D eigenvalue weighted by Crippen LogP contribution is -2.29. The number of carbonyl (C=O) groups is 2. The van der Waals surface area contributed by atoms with Gasteiger partial charge >= 0.3 is 0 Å². The number of benzene rings is 1. The number of carbonyl (C=O) groups excluding carboxylic acids is 2. The largest absolute Gasteiger partial charge is 0.298 e. The van der Waals surface area contributed by atoms with E-state index in [1.54, 1.807) is 24.4 Å². The Balaban J connectivity index is 1.69. The lowest BCUT2D eigenvalue weighted by molar-refractivity contribution is -0.133. The van der Waals surface area contributed by atoms with E-state index in [0.29, 0.717) is 17.9 Å². The first-order valence-corrected chi connectivity index (χ1v) is 9.15. The van der Waals surface area contributed by atoms with Crippen LogP contribution in [0.15, 0.2) is 36.5 Å². The summed E-state index contributed by atoms with van der Waals surface area (Å²) in [7, 11) is 0. The van der Waals surface area contributed by atoms with Gasteiger partial charge in [0.05, 0.1) is 16.1 Å². The van der Waals surface area contributed by atoms with Gasteiger partial charge in [0.1, 0.15) is 5.82 Å². The van der Waals surface area contributed by atoms with Gasteiger partial charge in [-0.3, -0.25) is 14.6 Å². The number of rotatable bonds is 7. The summed E-state index contributed by atoms with van der Waals surface area (Å²) < 4.78 is 13.0. The molecule has 0 spiro atoms. The van der Waals surface area contributed by atoms with Crippen LogP contribution in [0.4, 0.5) is 4.39 Å². The zero-order valence-corrected chi connectivity index (χ0v) is 15.6. The lowest BCUT2D eigenvalue weighted by atomic mass is 9.88. The van der Waals surface area contributed by atoms with Crippen LogP contribution in [0.2, 0.25) is 5.02 Å². The maximum atomic E-state index is 13.0. The number of halogens is 2. The molecule has 1 fully saturated rings. The second-order valence-corrected chi connectivity index (χ2v) is 7.68. The van der Waals surface area contributed by atoms with Crippen molar-refractivity contribution < 1.29 is 14.0 Å². The van der Waals surface area contributed by atoms with Crippen LogP contribution in [-0.4, -0.2) is 16.6 Å². The Hall–Kier alpha value is -2.07. The van der Waals surface area contributed by atoms with E-state index in [1.807, 2.05) is 13.8 Å². The van der Waals surface area contributed by atoms with Gasteiger partial charge in [-0.2, -0.15) is 0 Å². The van der Waals surface area contributed by atoms with Gasteiger partial charge in [0, 0.05) is 19.0 Å². The molecule has 0 radical (unpaired) electrons. The smallest absolute Gasteiger partial charge is 0.150 e. The molecular weight excluding hydrogens is 353 g/mol. The van der Waals surface area contributed by atoms with Crippen molar-refractivity contribution in [2.75, 3.05) is 0 Å². The van der Waals surface area contributed by atoms with Gasteiger partial charge in [-0.15, -0.1) is 0 Å². The van der Waals surface area contributed by atoms with Crippen molar-refractivity contribution in [3.05, 3.63) is 64.2 Å². The van der Waals surface area contributed by atoms with Crippen LogP contribution in [0.3, 0.4) is 0 Å². The number of Topliss-reactive ketones (excluding diaryl/α,β-unsaturated/α-hetero) is 2. The van der Waals surface area contributed by atoms with Crippen LogP contribution in [0.25, 0.3) is 0 Å². The zero-order valence-electron chi connectivity index (χ0n) is 14.9. The molecule has 1 aliphatic carbocycles. The van der Waals surface area contributed by atoms with Crippen LogP contribution in [0.1, 0.15) is 49.4 Å². The second-order valence-electron chi connectivity index (χ2n) is 7.27. The van der Waals surface area contributed by atoms with Crippen molar-refractivity contribution in [2.45, 2.75) is 45.4 Å². The molecule has 0 aliphatic heterocycles. The first kappa shape index (κ1) is 18.7. The standard InChI is InChI=1S/C21H21ClFNO2/c1-13(2)20-17(22)9-15(12-24-20)11-19(26)21(7-8-21)18(25)10-14-3-5-16(23)6-4-14/h3-6,9,12-13H,7-8,10-11H2,1-2H3. The third-order valence-electron chi connectivity index (χ3n) is 4.93. The number of nitrogens with zero attached hydrogens (tertiary/aromatic N) is 1. The molecule has 3 nitrogen and oxygen atoms in total. The van der Waals surface area contributed by atoms with E-state index in [-0.39, 0.29) is 36.1 Å². The Morgan fingerprint density at radius 3 is 2.19 bits per heavy atom. The van der Waals surface area contributed by atoms with Crippen LogP contribution >= 0.6 is 11.6 Å². The predicted octanol–water partition coefficient (Wildman–Crippen LogP) is 4.70. The average molecular weight is 374 g/mol. The molecule has 0 atom stereocenters. The first-order valence-electron chi connectivity index (χ1n) is 8.77. The molecule has 5 heteroatoms. The summed E-state index contributed by atoms with van der Waals surface area (Å²) in [6, 6.07) is 7.59. The molecule has 1 saturated carbocycles. The highest BCUT2D eigenvalue weighted by molar-refractivity contribution is 6.31. The third kappa shape index (κ3) is 3.85. The summed E-state index contributed by atoms with van der Waals surface area (Å²) in [4.78, 5) is 29.8. The number of aromatic nitrogens is 1. The average Bonchev–Trinajstić information content (AvgIpc) is 3.38. The van der Waals surface area contributed by atoms with Gasteiger partial charge in [0.25, 0.3) is 0 Å². The molecule has 0 amide bonds. The summed E-state index contributed by atoms with van der Waals surface area (Å²) in [5.41, 5.74) is 1.36. The summed E-state index contributed by atoms with van der Waals surface area (Å²) >= 11 is 6.25. The van der Waals surface area contributed by atoms with Crippen molar-refractivity contribution in [3.63, 3.8) is 0 Å². The predicted molar refractivity (Wildman–Crippen MR) is 98.8 cm³/mol. The number of pyridine rings is 1. The zero-order chi connectivity index (χ0) is 18.9. The van der Waals surface area contributed by atoms with Gasteiger partial charge in [-0.25, -0.2) is 4.39 Å². The molecule has 136 valence electrons. The molecule has 3 rings (SSSR count). The van der Waals surface area contributed by atoms with Gasteiger partial charge in [-0.05, 0) is 48.1 Å². The van der Waals surface area contributed by atoms with Crippen LogP contribution in [0.5, 0.6) is 0 Å². The molecule has 0 bridgehead atoms. The van der Waals surface area contributed by atoms with E-state index >= 15 is 0 Å². The van der Waals surface area contributed by atoms with Crippen LogP contribution in [0, 0.1) is 11.2 Å². The monoisotopic (exact) mass is 373 g/mol. The summed E-state index contributed by atoms with van der Waals surface area (Å²) in [5.74, 6) is -0.307. The molecule has 26 heavy (non-hydrogen) atoms. The Labute approximate surface area is 157 Å². The van der Waals surface area contributed by atoms with E-state index in [1.165, 1.54) is 12.1 Å². The molecule has 0 unspecified atom stereocenters. The first-order chi connectivity index (χ1) is 12.3. The molecule has 1 aliphatic rings. The van der Waals surface area contributed by atoms with Crippen molar-refractivity contribution in [2.24, 2.45) is 5.41 Å². The Kier molecular flexibility index (Phi) is 5.24. The SMILES string of the molecule is CC(C)c1ncc(CC(=O)C2(C(=O)Cc3ccc(F)cc3)CC2)cc1Cl. The van der Waals surface area contributed by atoms with Crippen molar-refractivity contribution in [3.8, 4) is 0 Å². The number of hydrogen-bond acceptors (Lipinski definition) is 3. The van der Waals surface area contributed by atoms with Crippen LogP contribution < -0.4 is 0 Å². The topological polar surface area (TPSA) is 47.0 Å². The highest BCUT2D eigenvalue weighted by atomic mass is 35.5. The van der Waals surface area contributed by atoms with Crippen molar-refractivity contribution >= 4 is 23.2 Å². The minimum Gasteiger partial charge on any atom is -0.298 e. The highest BCUT2D eigenvalue weighted by Gasteiger charge is 2.54. The van der Waals surface area contributed by atoms with E-state index < -0.39 is 5.41 Å². The maximum absolute atomic E-state index is 13.0. The fraction of sp³-hybridized carbons (Fsp3) is 0.381. The molecule has 1 aromatic heterocycles. The van der Waals surface area contributed by atoms with Crippen molar-refractivity contribution in [1.82, 2.24) is 4.98 Å². The highest BCUT2D eigenvalue weighted by Crippen LogP contribution is 2.48. The van der Waals surface area contributed by atoms with Crippen molar-refractivity contribution in [1.29, 1.82) is 0 Å².